The van der Waals surface area contributed by atoms with E-state index < -0.39 is 0 Å². The number of carbonyl (C=O) groups excluding carboxylic acids is 1. The zero-order valence-corrected chi connectivity index (χ0v) is 16.0. The summed E-state index contributed by atoms with van der Waals surface area (Å²) in [5.74, 6) is 0.0435. The highest BCUT2D eigenvalue weighted by Crippen LogP contribution is 2.15. The fourth-order valence-corrected chi connectivity index (χ4v) is 2.81. The molecule has 0 bridgehead atoms. The third-order valence-electron chi connectivity index (χ3n) is 3.69. The minimum atomic E-state index is -0.364. The van der Waals surface area contributed by atoms with Crippen LogP contribution in [-0.2, 0) is 13.7 Å². The number of amides is 1. The molecule has 0 unspecified atom stereocenters. The molecule has 2 aromatic carbocycles. The van der Waals surface area contributed by atoms with Crippen LogP contribution in [0.4, 0.5) is 4.39 Å². The second kappa shape index (κ2) is 8.59. The Kier molecular flexibility index (Phi) is 5.97. The first kappa shape index (κ1) is 18.8. The molecule has 1 heterocycles. The van der Waals surface area contributed by atoms with Crippen LogP contribution in [0.1, 0.15) is 21.6 Å². The lowest BCUT2D eigenvalue weighted by Crippen LogP contribution is -2.21. The second-order valence-corrected chi connectivity index (χ2v) is 6.50. The topological polar surface area (TPSA) is 68.5 Å². The summed E-state index contributed by atoms with van der Waals surface area (Å²) >= 11 is 3.27. The van der Waals surface area contributed by atoms with Crippen molar-refractivity contribution in [3.8, 4) is 5.75 Å². The zero-order chi connectivity index (χ0) is 19.2. The summed E-state index contributed by atoms with van der Waals surface area (Å²) in [7, 11) is 1.67. The van der Waals surface area contributed by atoms with E-state index in [0.717, 1.165) is 11.1 Å². The van der Waals surface area contributed by atoms with Gasteiger partial charge in [0, 0.05) is 7.05 Å². The monoisotopic (exact) mass is 430 g/mol. The van der Waals surface area contributed by atoms with Gasteiger partial charge in [0.05, 0.1) is 16.9 Å². The van der Waals surface area contributed by atoms with Crippen molar-refractivity contribution in [1.29, 1.82) is 0 Å². The highest BCUT2D eigenvalue weighted by molar-refractivity contribution is 9.10. The van der Waals surface area contributed by atoms with Gasteiger partial charge in [-0.05, 0) is 63.5 Å². The van der Waals surface area contributed by atoms with Gasteiger partial charge in [-0.2, -0.15) is 10.2 Å². The molecule has 27 heavy (non-hydrogen) atoms. The number of ether oxygens (including phenoxy) is 1. The highest BCUT2D eigenvalue weighted by Gasteiger charge is 2.14. The maximum Gasteiger partial charge on any atom is 0.290 e. The molecule has 0 atom stereocenters. The number of carbonyl (C=O) groups is 1. The average molecular weight is 431 g/mol. The molecule has 0 fully saturated rings. The van der Waals surface area contributed by atoms with Gasteiger partial charge in [-0.1, -0.05) is 12.1 Å². The van der Waals surface area contributed by atoms with E-state index in [1.165, 1.54) is 23.0 Å². The Balaban J connectivity index is 1.53. The van der Waals surface area contributed by atoms with Crippen molar-refractivity contribution >= 4 is 28.1 Å². The van der Waals surface area contributed by atoms with Crippen molar-refractivity contribution in [2.45, 2.75) is 6.61 Å². The minimum Gasteiger partial charge on any atom is -0.489 e. The molecule has 0 radical (unpaired) electrons. The van der Waals surface area contributed by atoms with Gasteiger partial charge in [-0.3, -0.25) is 9.48 Å². The molecule has 0 aliphatic heterocycles. The van der Waals surface area contributed by atoms with Crippen LogP contribution in [0, 0.1) is 5.82 Å². The number of aryl methyl sites for hydroxylation is 1. The van der Waals surface area contributed by atoms with Crippen LogP contribution in [0.5, 0.6) is 5.75 Å². The van der Waals surface area contributed by atoms with Crippen molar-refractivity contribution < 1.29 is 13.9 Å². The molecular formula is C19H16BrFN4O2. The van der Waals surface area contributed by atoms with Crippen LogP contribution in [0.25, 0.3) is 0 Å². The molecule has 0 saturated carbocycles. The predicted molar refractivity (Wildman–Crippen MR) is 103 cm³/mol. The predicted octanol–water partition coefficient (Wildman–Crippen LogP) is 3.66. The Morgan fingerprint density at radius 3 is 2.59 bits per heavy atom. The Morgan fingerprint density at radius 2 is 1.96 bits per heavy atom. The molecular weight excluding hydrogens is 415 g/mol. The fourth-order valence-electron chi connectivity index (χ4n) is 2.28. The molecule has 0 aliphatic carbocycles. The number of halogens is 2. The molecule has 6 nitrogen and oxygen atoms in total. The summed E-state index contributed by atoms with van der Waals surface area (Å²) in [5.41, 5.74) is 4.52. The maximum atomic E-state index is 12.9. The Hall–Kier alpha value is -3.00. The Bertz CT molecular complexity index is 933. The number of hydrogen-bond acceptors (Lipinski definition) is 4. The van der Waals surface area contributed by atoms with Crippen LogP contribution in [0.3, 0.4) is 0 Å². The molecule has 3 aromatic rings. The minimum absolute atomic E-state index is 0.273. The molecule has 0 aliphatic rings. The van der Waals surface area contributed by atoms with E-state index in [-0.39, 0.29) is 11.7 Å². The van der Waals surface area contributed by atoms with Crippen LogP contribution in [0.2, 0.25) is 0 Å². The summed E-state index contributed by atoms with van der Waals surface area (Å²) in [6.07, 6.45) is 3.08. The quantitative estimate of drug-likeness (QED) is 0.479. The lowest BCUT2D eigenvalue weighted by molar-refractivity contribution is 0.0945. The number of hydrogen-bond donors (Lipinski definition) is 1. The van der Waals surface area contributed by atoms with Crippen LogP contribution in [0.15, 0.2) is 64.3 Å². The number of nitrogens with one attached hydrogen (secondary N) is 1. The van der Waals surface area contributed by atoms with Crippen molar-refractivity contribution in [3.05, 3.63) is 81.8 Å². The highest BCUT2D eigenvalue weighted by atomic mass is 79.9. The van der Waals surface area contributed by atoms with Gasteiger partial charge in [0.1, 0.15) is 23.9 Å². The molecule has 3 rings (SSSR count). The first-order chi connectivity index (χ1) is 13.0. The summed E-state index contributed by atoms with van der Waals surface area (Å²) < 4.78 is 20.6. The number of aromatic nitrogens is 2. The van der Waals surface area contributed by atoms with E-state index in [1.807, 2.05) is 12.1 Å². The van der Waals surface area contributed by atoms with E-state index >= 15 is 0 Å². The summed E-state index contributed by atoms with van der Waals surface area (Å²) in [5, 5.41) is 7.93. The fraction of sp³-hybridized carbons (Fsp3) is 0.105. The zero-order valence-electron chi connectivity index (χ0n) is 14.4. The molecule has 0 saturated heterocycles. The molecule has 1 aromatic heterocycles. The molecule has 138 valence electrons. The molecule has 8 heteroatoms. The largest absolute Gasteiger partial charge is 0.489 e. The smallest absolute Gasteiger partial charge is 0.290 e. The van der Waals surface area contributed by atoms with Crippen LogP contribution >= 0.6 is 15.9 Å². The van der Waals surface area contributed by atoms with Gasteiger partial charge < -0.3 is 4.74 Å². The van der Waals surface area contributed by atoms with Gasteiger partial charge >= 0.3 is 0 Å². The lowest BCUT2D eigenvalue weighted by Gasteiger charge is -2.06. The number of nitrogens with zero attached hydrogens (tertiary/aromatic N) is 3. The Morgan fingerprint density at radius 1 is 1.26 bits per heavy atom. The van der Waals surface area contributed by atoms with Crippen LogP contribution in [-0.4, -0.2) is 21.9 Å². The standard InChI is InChI=1S/C19H16BrFN4O2/c1-25-18(17(20)11-23-25)19(26)24-22-10-13-4-8-16(9-5-13)27-12-14-2-6-15(21)7-3-14/h2-11H,12H2,1H3,(H,24,26). The first-order valence-corrected chi connectivity index (χ1v) is 8.80. The summed E-state index contributed by atoms with van der Waals surface area (Å²) in [6.45, 7) is 0.351. The van der Waals surface area contributed by atoms with Gasteiger partial charge in [-0.25, -0.2) is 9.82 Å². The molecule has 1 amide bonds. The SMILES string of the molecule is Cn1ncc(Br)c1C(=O)NN=Cc1ccc(OCc2ccc(F)cc2)cc1. The van der Waals surface area contributed by atoms with E-state index in [1.54, 1.807) is 37.5 Å². The number of benzene rings is 2. The van der Waals surface area contributed by atoms with E-state index in [4.69, 9.17) is 4.74 Å². The van der Waals surface area contributed by atoms with E-state index in [9.17, 15) is 9.18 Å². The Labute approximate surface area is 163 Å². The van der Waals surface area contributed by atoms with Gasteiger partial charge in [0.25, 0.3) is 5.91 Å². The lowest BCUT2D eigenvalue weighted by atomic mass is 10.2. The second-order valence-electron chi connectivity index (χ2n) is 5.65. The van der Waals surface area contributed by atoms with Gasteiger partial charge in [0.2, 0.25) is 0 Å². The first-order valence-electron chi connectivity index (χ1n) is 8.01. The van der Waals surface area contributed by atoms with Crippen molar-refractivity contribution in [2.24, 2.45) is 12.1 Å². The molecule has 1 N–H and O–H groups in total. The number of hydrazone groups is 1. The number of rotatable bonds is 6. The maximum absolute atomic E-state index is 12.9. The van der Waals surface area contributed by atoms with Gasteiger partial charge in [0.15, 0.2) is 0 Å². The van der Waals surface area contributed by atoms with Crippen molar-refractivity contribution in [1.82, 2.24) is 15.2 Å². The van der Waals surface area contributed by atoms with E-state index in [2.05, 4.69) is 31.6 Å². The van der Waals surface area contributed by atoms with Crippen LogP contribution < -0.4 is 10.2 Å². The summed E-state index contributed by atoms with van der Waals surface area (Å²) in [6, 6.07) is 13.4. The third kappa shape index (κ3) is 5.01. The van der Waals surface area contributed by atoms with E-state index in [0.29, 0.717) is 22.5 Å². The summed E-state index contributed by atoms with van der Waals surface area (Å²) in [4.78, 5) is 12.1. The average Bonchev–Trinajstić information content (AvgIpc) is 3.00. The van der Waals surface area contributed by atoms with Crippen molar-refractivity contribution in [3.63, 3.8) is 0 Å². The normalized spacial score (nSPS) is 10.9. The van der Waals surface area contributed by atoms with Crippen molar-refractivity contribution in [2.75, 3.05) is 0 Å². The third-order valence-corrected chi connectivity index (χ3v) is 4.27. The molecule has 0 spiro atoms. The van der Waals surface area contributed by atoms with Gasteiger partial charge in [-0.15, -0.1) is 0 Å².